The third-order valence-corrected chi connectivity index (χ3v) is 8.11. The topological polar surface area (TPSA) is 85.4 Å². The van der Waals surface area contributed by atoms with Gasteiger partial charge in [-0.15, -0.1) is 0 Å². The minimum atomic E-state index is -4.41. The van der Waals surface area contributed by atoms with Crippen molar-refractivity contribution in [3.63, 3.8) is 0 Å². The Morgan fingerprint density at radius 3 is 2.12 bits per heavy atom. The molecule has 8 nitrogen and oxygen atoms in total. The number of likely N-dealkylation sites (tertiary alicyclic amines) is 1. The van der Waals surface area contributed by atoms with Crippen LogP contribution in [0.4, 0.5) is 13.2 Å². The van der Waals surface area contributed by atoms with E-state index in [4.69, 9.17) is 0 Å². The molecule has 41 heavy (non-hydrogen) atoms. The zero-order valence-electron chi connectivity index (χ0n) is 22.3. The average Bonchev–Trinajstić information content (AvgIpc) is 3.48. The van der Waals surface area contributed by atoms with E-state index in [2.05, 4.69) is 20.3 Å². The van der Waals surface area contributed by atoms with Gasteiger partial charge < -0.3 is 9.80 Å². The molecule has 2 fully saturated rings. The molecule has 0 saturated carbocycles. The van der Waals surface area contributed by atoms with Gasteiger partial charge in [0.15, 0.2) is 0 Å². The number of hydrogen-bond donors (Lipinski definition) is 1. The normalized spacial score (nSPS) is 17.2. The van der Waals surface area contributed by atoms with Crippen LogP contribution in [0.25, 0.3) is 22.2 Å². The monoisotopic (exact) mass is 562 g/mol. The van der Waals surface area contributed by atoms with Crippen molar-refractivity contribution < 1.29 is 22.8 Å². The van der Waals surface area contributed by atoms with Gasteiger partial charge in [-0.3, -0.25) is 14.5 Å². The summed E-state index contributed by atoms with van der Waals surface area (Å²) >= 11 is 0. The number of H-pyrrole nitrogens is 1. The number of aromatic amines is 1. The second-order valence-corrected chi connectivity index (χ2v) is 10.5. The molecule has 212 valence electrons. The van der Waals surface area contributed by atoms with Crippen LogP contribution in [0, 0.1) is 0 Å². The van der Waals surface area contributed by atoms with Crippen LogP contribution >= 0.6 is 0 Å². The fourth-order valence-electron chi connectivity index (χ4n) is 5.81. The number of halogens is 3. The molecule has 4 aromatic rings. The maximum Gasteiger partial charge on any atom is 0.416 e. The Morgan fingerprint density at radius 2 is 1.41 bits per heavy atom. The van der Waals surface area contributed by atoms with Crippen LogP contribution in [0.15, 0.2) is 66.7 Å². The molecular formula is C30H29F3N6O2. The van der Waals surface area contributed by atoms with Gasteiger partial charge in [0.05, 0.1) is 5.56 Å². The Bertz CT molecular complexity index is 1550. The summed E-state index contributed by atoms with van der Waals surface area (Å²) in [5.74, 6) is -0.125. The Hall–Kier alpha value is -4.25. The summed E-state index contributed by atoms with van der Waals surface area (Å²) < 4.78 is 39.0. The van der Waals surface area contributed by atoms with Gasteiger partial charge in [0, 0.05) is 56.4 Å². The molecule has 11 heteroatoms. The van der Waals surface area contributed by atoms with E-state index >= 15 is 0 Å². The van der Waals surface area contributed by atoms with E-state index in [1.807, 2.05) is 9.80 Å². The number of alkyl halides is 3. The number of nitrogens with one attached hydrogen (secondary N) is 1. The number of piperazine rings is 1. The number of benzene rings is 3. The number of piperidine rings is 1. The summed E-state index contributed by atoms with van der Waals surface area (Å²) in [5, 5.41) is 10.7. The number of rotatable bonds is 4. The minimum absolute atomic E-state index is 0.00419. The second kappa shape index (κ2) is 11.0. The molecule has 2 aliphatic rings. The Balaban J connectivity index is 1.05. The molecule has 1 aromatic heterocycles. The molecule has 1 N–H and O–H groups in total. The highest BCUT2D eigenvalue weighted by Crippen LogP contribution is 2.32. The van der Waals surface area contributed by atoms with E-state index in [-0.39, 0.29) is 11.8 Å². The lowest BCUT2D eigenvalue weighted by atomic mass is 9.97. The highest BCUT2D eigenvalue weighted by Gasteiger charge is 2.32. The molecule has 0 bridgehead atoms. The van der Waals surface area contributed by atoms with Crippen molar-refractivity contribution in [2.24, 2.45) is 0 Å². The molecule has 2 amide bonds. The van der Waals surface area contributed by atoms with E-state index in [1.165, 1.54) is 12.1 Å². The molecule has 3 heterocycles. The van der Waals surface area contributed by atoms with Crippen LogP contribution in [0.5, 0.6) is 0 Å². The third-order valence-electron chi connectivity index (χ3n) is 8.11. The van der Waals surface area contributed by atoms with Crippen LogP contribution in [0.2, 0.25) is 0 Å². The zero-order valence-corrected chi connectivity index (χ0v) is 22.3. The quantitative estimate of drug-likeness (QED) is 0.390. The SMILES string of the molecule is O=C(c1ccc2n[nH]nc2c1)N1CCC(N2CCN(C(=O)c3ccccc3-c3ccc(C(F)(F)F)cc3)CC2)CC1. The number of fused-ring (bicyclic) bond motifs is 1. The maximum atomic E-state index is 13.5. The van der Waals surface area contributed by atoms with Gasteiger partial charge in [-0.05, 0) is 60.4 Å². The third kappa shape index (κ3) is 5.54. The first kappa shape index (κ1) is 26.9. The van der Waals surface area contributed by atoms with Gasteiger partial charge in [-0.1, -0.05) is 30.3 Å². The highest BCUT2D eigenvalue weighted by molar-refractivity contribution is 6.01. The van der Waals surface area contributed by atoms with Crippen LogP contribution in [-0.2, 0) is 6.18 Å². The number of hydrogen-bond acceptors (Lipinski definition) is 5. The van der Waals surface area contributed by atoms with E-state index < -0.39 is 11.7 Å². The highest BCUT2D eigenvalue weighted by atomic mass is 19.4. The Morgan fingerprint density at radius 1 is 0.756 bits per heavy atom. The van der Waals surface area contributed by atoms with E-state index in [9.17, 15) is 22.8 Å². The van der Waals surface area contributed by atoms with Gasteiger partial charge in [-0.2, -0.15) is 28.6 Å². The van der Waals surface area contributed by atoms with Crippen LogP contribution in [0.1, 0.15) is 39.1 Å². The first-order valence-corrected chi connectivity index (χ1v) is 13.7. The van der Waals surface area contributed by atoms with Crippen molar-refractivity contribution in [1.29, 1.82) is 0 Å². The first-order valence-electron chi connectivity index (χ1n) is 13.7. The van der Waals surface area contributed by atoms with Gasteiger partial charge >= 0.3 is 6.18 Å². The van der Waals surface area contributed by atoms with Crippen LogP contribution < -0.4 is 0 Å². The Labute approximate surface area is 234 Å². The fourth-order valence-corrected chi connectivity index (χ4v) is 5.81. The van der Waals surface area contributed by atoms with Crippen molar-refractivity contribution >= 4 is 22.8 Å². The molecule has 0 atom stereocenters. The van der Waals surface area contributed by atoms with Crippen LogP contribution in [-0.4, -0.2) is 87.2 Å². The molecular weight excluding hydrogens is 533 g/mol. The lowest BCUT2D eigenvalue weighted by Crippen LogP contribution is -2.54. The van der Waals surface area contributed by atoms with Crippen molar-refractivity contribution in [2.75, 3.05) is 39.3 Å². The number of carbonyl (C=O) groups excluding carboxylic acids is 2. The maximum absolute atomic E-state index is 13.5. The molecule has 6 rings (SSSR count). The van der Waals surface area contributed by atoms with Crippen molar-refractivity contribution in [1.82, 2.24) is 30.1 Å². The summed E-state index contributed by atoms with van der Waals surface area (Å²) in [7, 11) is 0. The summed E-state index contributed by atoms with van der Waals surface area (Å²) in [4.78, 5) is 32.6. The molecule has 0 aliphatic carbocycles. The predicted octanol–water partition coefficient (Wildman–Crippen LogP) is 4.71. The van der Waals surface area contributed by atoms with Gasteiger partial charge in [-0.25, -0.2) is 0 Å². The second-order valence-electron chi connectivity index (χ2n) is 10.5. The van der Waals surface area contributed by atoms with Gasteiger partial charge in [0.25, 0.3) is 11.8 Å². The van der Waals surface area contributed by atoms with Crippen molar-refractivity contribution in [2.45, 2.75) is 25.1 Å². The molecule has 2 aliphatic heterocycles. The fraction of sp³-hybridized carbons (Fsp3) is 0.333. The lowest BCUT2D eigenvalue weighted by Gasteiger charge is -2.42. The number of amides is 2. The predicted molar refractivity (Wildman–Crippen MR) is 147 cm³/mol. The standard InChI is InChI=1S/C30H29F3N6O2/c31-30(32,33)22-8-5-20(6-9-22)24-3-1-2-4-25(24)29(41)39-17-15-37(16-18-39)23-11-13-38(14-12-23)28(40)21-7-10-26-27(19-21)35-36-34-26/h1-10,19,23H,11-18H2,(H,34,35,36). The average molecular weight is 563 g/mol. The first-order chi connectivity index (χ1) is 19.8. The van der Waals surface area contributed by atoms with Gasteiger partial charge in [0.1, 0.15) is 11.0 Å². The van der Waals surface area contributed by atoms with E-state index in [1.54, 1.807) is 42.5 Å². The van der Waals surface area contributed by atoms with Crippen molar-refractivity contribution in [3.05, 3.63) is 83.4 Å². The number of carbonyl (C=O) groups is 2. The van der Waals surface area contributed by atoms with Crippen LogP contribution in [0.3, 0.4) is 0 Å². The number of aromatic nitrogens is 3. The van der Waals surface area contributed by atoms with Crippen molar-refractivity contribution in [3.8, 4) is 11.1 Å². The molecule has 0 spiro atoms. The van der Waals surface area contributed by atoms with E-state index in [0.717, 1.165) is 43.6 Å². The molecule has 0 radical (unpaired) electrons. The molecule has 3 aromatic carbocycles. The Kier molecular flexibility index (Phi) is 7.21. The largest absolute Gasteiger partial charge is 0.416 e. The van der Waals surface area contributed by atoms with E-state index in [0.29, 0.717) is 60.0 Å². The summed E-state index contributed by atoms with van der Waals surface area (Å²) in [6, 6.07) is 17.7. The summed E-state index contributed by atoms with van der Waals surface area (Å²) in [6.45, 7) is 3.93. The zero-order chi connectivity index (χ0) is 28.6. The number of nitrogens with zero attached hydrogens (tertiary/aromatic N) is 5. The smallest absolute Gasteiger partial charge is 0.339 e. The summed E-state index contributed by atoms with van der Waals surface area (Å²) in [5.41, 5.74) is 2.95. The summed E-state index contributed by atoms with van der Waals surface area (Å²) in [6.07, 6.45) is -2.68. The lowest BCUT2D eigenvalue weighted by molar-refractivity contribution is -0.137. The molecule has 0 unspecified atom stereocenters. The molecule has 2 saturated heterocycles. The minimum Gasteiger partial charge on any atom is -0.339 e. The van der Waals surface area contributed by atoms with Gasteiger partial charge in [0.2, 0.25) is 0 Å².